The molecule has 0 radical (unpaired) electrons. The predicted octanol–water partition coefficient (Wildman–Crippen LogP) is 5.69. The lowest BCUT2D eigenvalue weighted by atomic mass is 9.93. The topological polar surface area (TPSA) is 119 Å². The van der Waals surface area contributed by atoms with E-state index >= 15 is 0 Å². The Bertz CT molecular complexity index is 1550. The summed E-state index contributed by atoms with van der Waals surface area (Å²) in [6, 6.07) is 14.7. The smallest absolute Gasteiger partial charge is 0.189 e. The Hall–Kier alpha value is -3.62. The van der Waals surface area contributed by atoms with Gasteiger partial charge in [-0.05, 0) is 81.0 Å². The third-order valence-electron chi connectivity index (χ3n) is 7.66. The van der Waals surface area contributed by atoms with E-state index in [1.807, 2.05) is 18.2 Å². The van der Waals surface area contributed by atoms with Gasteiger partial charge in [0.2, 0.25) is 0 Å². The zero-order valence-corrected chi connectivity index (χ0v) is 24.2. The molecule has 4 aromatic rings. The Morgan fingerprint density at radius 1 is 1.00 bits per heavy atom. The summed E-state index contributed by atoms with van der Waals surface area (Å²) in [7, 11) is 0. The molecule has 2 atom stereocenters. The number of fused-ring (bicyclic) bond motifs is 1. The second-order valence-electron chi connectivity index (χ2n) is 11.2. The monoisotopic (exact) mass is 569 g/mol. The van der Waals surface area contributed by atoms with Gasteiger partial charge in [-0.2, -0.15) is 5.26 Å². The summed E-state index contributed by atoms with van der Waals surface area (Å²) < 4.78 is 6.98. The molecule has 0 spiro atoms. The molecule has 4 heterocycles. The number of morpholine rings is 1. The molecule has 6 rings (SSSR count). The largest absolute Gasteiger partial charge is 0.393 e. The lowest BCUT2D eigenvalue weighted by Gasteiger charge is -2.35. The molecule has 1 aliphatic heterocycles. The Kier molecular flexibility index (Phi) is 8.12. The van der Waals surface area contributed by atoms with Gasteiger partial charge in [-0.3, -0.25) is 9.88 Å². The van der Waals surface area contributed by atoms with Crippen LogP contribution in [0.25, 0.3) is 21.3 Å². The number of nitrogens with zero attached hydrogens (tertiary/aromatic N) is 5. The molecular formula is C31H35N7O2S. The molecule has 0 bridgehead atoms. The molecule has 1 saturated heterocycles. The number of rotatable bonds is 7. The molecule has 0 amide bonds. The van der Waals surface area contributed by atoms with Gasteiger partial charge in [0.25, 0.3) is 0 Å². The maximum atomic E-state index is 9.94. The number of pyridine rings is 2. The maximum absolute atomic E-state index is 9.94. The van der Waals surface area contributed by atoms with Crippen molar-refractivity contribution in [3.05, 3.63) is 59.9 Å². The van der Waals surface area contributed by atoms with Crippen molar-refractivity contribution in [1.82, 2.24) is 19.9 Å². The van der Waals surface area contributed by atoms with Crippen LogP contribution in [0.5, 0.6) is 0 Å². The lowest BCUT2D eigenvalue weighted by molar-refractivity contribution is -0.0704. The number of nitriles is 1. The molecule has 0 unspecified atom stereocenters. The first kappa shape index (κ1) is 27.5. The zero-order chi connectivity index (χ0) is 28.3. The lowest BCUT2D eigenvalue weighted by Crippen LogP contribution is -2.44. The molecule has 9 nitrogen and oxygen atoms in total. The highest BCUT2D eigenvalue weighted by atomic mass is 32.1. The minimum absolute atomic E-state index is 0.194. The van der Waals surface area contributed by atoms with Gasteiger partial charge in [-0.1, -0.05) is 17.4 Å². The summed E-state index contributed by atoms with van der Waals surface area (Å²) in [4.78, 5) is 16.4. The van der Waals surface area contributed by atoms with E-state index in [0.29, 0.717) is 11.6 Å². The number of aliphatic hydroxyl groups excluding tert-OH is 1. The van der Waals surface area contributed by atoms with E-state index in [2.05, 4.69) is 58.6 Å². The van der Waals surface area contributed by atoms with Crippen LogP contribution in [0.3, 0.4) is 0 Å². The normalized spacial score (nSPS) is 23.3. The molecule has 2 aliphatic rings. The fourth-order valence-electron chi connectivity index (χ4n) is 5.84. The molecule has 2 fully saturated rings. The number of hydrogen-bond donors (Lipinski definition) is 3. The van der Waals surface area contributed by atoms with Crippen LogP contribution in [0, 0.1) is 11.3 Å². The third kappa shape index (κ3) is 6.82. The van der Waals surface area contributed by atoms with Crippen LogP contribution in [0.2, 0.25) is 0 Å². The van der Waals surface area contributed by atoms with Crippen molar-refractivity contribution in [3.8, 4) is 17.2 Å². The van der Waals surface area contributed by atoms with Gasteiger partial charge in [0.1, 0.15) is 17.7 Å². The van der Waals surface area contributed by atoms with Crippen molar-refractivity contribution < 1.29 is 9.84 Å². The summed E-state index contributed by atoms with van der Waals surface area (Å²) in [6.45, 7) is 6.85. The Morgan fingerprint density at radius 2 is 1.78 bits per heavy atom. The molecule has 3 N–H and O–H groups in total. The standard InChI is InChI=1S/C31H35N7O2S/c1-19-16-38(17-20(2)40-19)18-21-10-29(34-25-4-6-26(39)7-5-25)36-30(11-21)37-31-35-27-8-3-23(12-28(27)41-31)24-9-22(13-32)14-33-15-24/h3,8-12,14-15,19-20,25-26,39H,4-7,16-18H2,1-2H3,(H2,34,35,36,37)/t19-,20+,25?,26?. The van der Waals surface area contributed by atoms with Crippen LogP contribution in [-0.4, -0.2) is 62.4 Å². The molecule has 1 aromatic carbocycles. The minimum Gasteiger partial charge on any atom is -0.393 e. The van der Waals surface area contributed by atoms with E-state index in [1.165, 1.54) is 5.56 Å². The maximum Gasteiger partial charge on any atom is 0.189 e. The van der Waals surface area contributed by atoms with Gasteiger partial charge >= 0.3 is 0 Å². The number of ether oxygens (including phenoxy) is 1. The van der Waals surface area contributed by atoms with E-state index in [9.17, 15) is 10.4 Å². The first-order valence-corrected chi connectivity index (χ1v) is 15.1. The van der Waals surface area contributed by atoms with Crippen LogP contribution in [0.15, 0.2) is 48.8 Å². The zero-order valence-electron chi connectivity index (χ0n) is 23.4. The van der Waals surface area contributed by atoms with Crippen LogP contribution in [0.1, 0.15) is 50.7 Å². The van der Waals surface area contributed by atoms with Gasteiger partial charge in [-0.15, -0.1) is 0 Å². The Morgan fingerprint density at radius 3 is 2.56 bits per heavy atom. The first-order chi connectivity index (χ1) is 19.9. The molecule has 10 heteroatoms. The highest BCUT2D eigenvalue weighted by molar-refractivity contribution is 7.22. The van der Waals surface area contributed by atoms with E-state index in [1.54, 1.807) is 23.7 Å². The number of aromatic nitrogens is 3. The van der Waals surface area contributed by atoms with E-state index in [4.69, 9.17) is 14.7 Å². The molecule has 3 aromatic heterocycles. The summed E-state index contributed by atoms with van der Waals surface area (Å²) in [5.74, 6) is 1.59. The van der Waals surface area contributed by atoms with Crippen molar-refractivity contribution in [2.75, 3.05) is 23.7 Å². The van der Waals surface area contributed by atoms with Gasteiger partial charge in [0.15, 0.2) is 5.13 Å². The van der Waals surface area contributed by atoms with Crippen molar-refractivity contribution >= 4 is 38.3 Å². The van der Waals surface area contributed by atoms with E-state index in [0.717, 1.165) is 83.4 Å². The summed E-state index contributed by atoms with van der Waals surface area (Å²) in [5, 5.41) is 27.1. The van der Waals surface area contributed by atoms with E-state index < -0.39 is 0 Å². The van der Waals surface area contributed by atoms with Gasteiger partial charge in [0.05, 0.1) is 34.1 Å². The van der Waals surface area contributed by atoms with Crippen molar-refractivity contribution in [3.63, 3.8) is 0 Å². The van der Waals surface area contributed by atoms with E-state index in [-0.39, 0.29) is 18.3 Å². The predicted molar refractivity (Wildman–Crippen MR) is 162 cm³/mol. The van der Waals surface area contributed by atoms with Gasteiger partial charge in [0, 0.05) is 43.6 Å². The third-order valence-corrected chi connectivity index (χ3v) is 8.59. The Labute approximate surface area is 244 Å². The van der Waals surface area contributed by atoms with Crippen molar-refractivity contribution in [2.45, 2.75) is 70.4 Å². The average molecular weight is 570 g/mol. The van der Waals surface area contributed by atoms with Crippen LogP contribution >= 0.6 is 11.3 Å². The van der Waals surface area contributed by atoms with Crippen LogP contribution < -0.4 is 10.6 Å². The molecule has 1 saturated carbocycles. The molecule has 41 heavy (non-hydrogen) atoms. The quantitative estimate of drug-likeness (QED) is 0.258. The minimum atomic E-state index is -0.194. The molecule has 212 valence electrons. The van der Waals surface area contributed by atoms with Gasteiger partial charge in [-0.25, -0.2) is 9.97 Å². The second-order valence-corrected chi connectivity index (χ2v) is 12.3. The highest BCUT2D eigenvalue weighted by Gasteiger charge is 2.23. The number of thiazole rings is 1. The highest BCUT2D eigenvalue weighted by Crippen LogP contribution is 2.33. The SMILES string of the molecule is C[C@@H]1CN(Cc2cc(Nc3nc4ccc(-c5cncc(C#N)c5)cc4s3)nc(NC3CCC(O)CC3)c2)C[C@H](C)O1. The number of benzene rings is 1. The van der Waals surface area contributed by atoms with Gasteiger partial charge < -0.3 is 20.5 Å². The number of hydrogen-bond acceptors (Lipinski definition) is 10. The number of aliphatic hydroxyl groups is 1. The molecular weight excluding hydrogens is 534 g/mol. The van der Waals surface area contributed by atoms with Crippen LogP contribution in [0.4, 0.5) is 16.8 Å². The number of anilines is 3. The average Bonchev–Trinajstić information content (AvgIpc) is 3.35. The van der Waals surface area contributed by atoms with Crippen molar-refractivity contribution in [2.24, 2.45) is 0 Å². The fraction of sp³-hybridized carbons (Fsp3) is 0.419. The first-order valence-electron chi connectivity index (χ1n) is 14.3. The summed E-state index contributed by atoms with van der Waals surface area (Å²) in [6.07, 6.45) is 7.05. The second kappa shape index (κ2) is 12.1. The molecule has 1 aliphatic carbocycles. The summed E-state index contributed by atoms with van der Waals surface area (Å²) in [5.41, 5.74) is 4.51. The van der Waals surface area contributed by atoms with Crippen molar-refractivity contribution in [1.29, 1.82) is 5.26 Å². The fourth-order valence-corrected chi connectivity index (χ4v) is 6.76. The number of nitrogens with one attached hydrogen (secondary N) is 2. The summed E-state index contributed by atoms with van der Waals surface area (Å²) >= 11 is 1.57. The van der Waals surface area contributed by atoms with Crippen LogP contribution in [-0.2, 0) is 11.3 Å². The Balaban J connectivity index is 1.25.